The highest BCUT2D eigenvalue weighted by molar-refractivity contribution is 8.04. The molecule has 14 rings (SSSR count). The summed E-state index contributed by atoms with van der Waals surface area (Å²) in [5, 5.41) is 87.5. The quantitative estimate of drug-likeness (QED) is 0.00285. The van der Waals surface area contributed by atoms with Crippen LogP contribution in [0, 0.1) is 44.9 Å². The van der Waals surface area contributed by atoms with Crippen LogP contribution < -0.4 is 34.6 Å². The number of aromatic hydroxyl groups is 6. The Morgan fingerprint density at radius 1 is 0.631 bits per heavy atom. The van der Waals surface area contributed by atoms with Gasteiger partial charge >= 0.3 is 5.97 Å². The van der Waals surface area contributed by atoms with Crippen molar-refractivity contribution in [2.24, 2.45) is 5.92 Å². The molecular formula is C90H99N11O14S7. The standard InChI is InChI=1S/C34H46N2O6S.C21H19N3O5S3.C14H13N3O.C11H11N.C10H10N2O2S3/c1-4-6-7-8-9-10-11-12-13-33(34(38)36-35-27-14-18-29(19-15-27)40-26(3)5-2)41-30-22-24-32(25-23-30)43(39)42-31-20-16-28(37)17-21-31;1-10-11(2)19(28)22-17-13(25)8-14(18(27)16(10)17)31-21-24-23-20(32-21)30-9-15(26)29-12-6-4-3-5-7-12;1-9-7-10(2)14(18)13(8-9)17-15-11-5-3-4-6-12(11)16(15)17;1-9-3-5-11(6-4-9)7-10(2)8-12;1-5-3-7(14)8(4-6(5)13)16-10-12-11-9(15-2)17-10/h14-26,33,35,37H,4-13H2,1-3H3,(H,36,38);3-8,10-11,25,27H,9H2,1-2H3,(H,22,28);3-8,18H,1-2H3;3-7H,1-2H3;3-4,13-14H,1-2H3/b;;;10-7+;. The third-order valence-corrected chi connectivity index (χ3v) is 26.3. The van der Waals surface area contributed by atoms with Gasteiger partial charge in [-0.1, -0.05) is 209 Å². The fraction of sp³-hybridized carbons (Fsp3) is 0.289. The second kappa shape index (κ2) is 45.5. The first-order chi connectivity index (χ1) is 58.7. The molecule has 0 bridgehead atoms. The first kappa shape index (κ1) is 93.0. The summed E-state index contributed by atoms with van der Waals surface area (Å²) in [5.74, 6) is 1.39. The lowest BCUT2D eigenvalue weighted by Crippen LogP contribution is -2.41. The Morgan fingerprint density at radius 2 is 1.21 bits per heavy atom. The predicted octanol–water partition coefficient (Wildman–Crippen LogP) is 21.4. The Hall–Kier alpha value is -11.3. The Morgan fingerprint density at radius 3 is 1.84 bits per heavy atom. The van der Waals surface area contributed by atoms with E-state index in [0.717, 1.165) is 85.5 Å². The van der Waals surface area contributed by atoms with Crippen LogP contribution in [0.15, 0.2) is 220 Å². The van der Waals surface area contributed by atoms with Gasteiger partial charge in [0.1, 0.15) is 74.2 Å². The number of fused-ring (bicyclic) bond motifs is 5. The summed E-state index contributed by atoms with van der Waals surface area (Å²) in [6, 6.07) is 55.8. The van der Waals surface area contributed by atoms with Gasteiger partial charge in [-0.05, 0) is 223 Å². The Labute approximate surface area is 736 Å². The maximum absolute atomic E-state index is 13.2. The number of benzene rings is 9. The van der Waals surface area contributed by atoms with Gasteiger partial charge in [0.05, 0.1) is 44.0 Å². The molecule has 0 aliphatic carbocycles. The van der Waals surface area contributed by atoms with E-state index in [2.05, 4.69) is 68.6 Å². The number of hydrogen-bond donors (Lipinski definition) is 9. The number of allylic oxidation sites excluding steroid dienone is 1. The minimum absolute atomic E-state index is 0.00186. The third-order valence-electron chi connectivity index (χ3n) is 19.2. The minimum atomic E-state index is -1.75. The topological polar surface area (TPSA) is 352 Å². The van der Waals surface area contributed by atoms with E-state index in [0.29, 0.717) is 63.9 Å². The van der Waals surface area contributed by atoms with Crippen molar-refractivity contribution in [3.8, 4) is 69.3 Å². The van der Waals surface area contributed by atoms with E-state index in [1.54, 1.807) is 81.4 Å². The molecule has 32 heteroatoms. The van der Waals surface area contributed by atoms with Gasteiger partial charge in [-0.15, -0.1) is 34.5 Å². The number of thioether (sulfide) groups is 2. The minimum Gasteiger partial charge on any atom is -0.508 e. The molecule has 2 amide bonds. The SMILES string of the molecule is C/C(C#N)=C\c1ccc(C)cc1.CC1C(=O)Nc2c(O)cc(Sc3nnc(SCC(=O)Oc4ccccc4)s3)c(O)c2C1C.CCCCCCCCCCC(Oc1ccc(S(=O)Oc2ccc(O)cc2)cc1)C(=O)NNc1ccc(OC(C)CC)cc1.CSc1nnc(Sc2cc(O)c(C)cc2O)s1.Cc1cc(C)c(O)c(-n2n3c4ccccc4n23)c1. The number of carbonyl (C=O) groups excluding carboxylic acids is 3. The van der Waals surface area contributed by atoms with Crippen LogP contribution in [0.5, 0.6) is 57.5 Å². The molecule has 122 heavy (non-hydrogen) atoms. The number of hydrogen-bond acceptors (Lipinski definition) is 26. The number of esters is 1. The Bertz CT molecular complexity index is 5650. The number of phenolic OH excluding ortho intramolecular Hbond substituents is 6. The van der Waals surface area contributed by atoms with Gasteiger partial charge in [0.25, 0.3) is 5.91 Å². The Balaban J connectivity index is 0.000000172. The summed E-state index contributed by atoms with van der Waals surface area (Å²) >= 11 is 6.16. The van der Waals surface area contributed by atoms with E-state index in [9.17, 15) is 49.2 Å². The number of nitriles is 1. The molecule has 1 aliphatic rings. The fourth-order valence-electron chi connectivity index (χ4n) is 12.2. The highest BCUT2D eigenvalue weighted by Crippen LogP contribution is 2.51. The van der Waals surface area contributed by atoms with Gasteiger partial charge in [0, 0.05) is 17.1 Å². The number of anilines is 2. The Kier molecular flexibility index (Phi) is 34.7. The van der Waals surface area contributed by atoms with Gasteiger partial charge in [0.15, 0.2) is 23.5 Å². The summed E-state index contributed by atoms with van der Waals surface area (Å²) in [4.78, 5) is 40.7. The fourth-order valence-corrected chi connectivity index (χ4v) is 18.2. The number of aryl methyl sites for hydroxylation is 4. The van der Waals surface area contributed by atoms with Gasteiger partial charge < -0.3 is 54.3 Å². The van der Waals surface area contributed by atoms with E-state index in [4.69, 9.17) is 23.7 Å². The van der Waals surface area contributed by atoms with Crippen molar-refractivity contribution < 1.29 is 67.6 Å². The molecule has 640 valence electrons. The number of carbonyl (C=O) groups is 3. The van der Waals surface area contributed by atoms with E-state index < -0.39 is 23.2 Å². The molecule has 0 spiro atoms. The largest absolute Gasteiger partial charge is 0.508 e. The van der Waals surface area contributed by atoms with Crippen LogP contribution in [0.2, 0.25) is 0 Å². The number of aromatic nitrogens is 7. The molecule has 1 aliphatic heterocycles. The highest BCUT2D eigenvalue weighted by atomic mass is 32.2. The normalized spacial score (nSPS) is 13.5. The van der Waals surface area contributed by atoms with Crippen molar-refractivity contribution in [1.82, 2.24) is 39.9 Å². The number of ether oxygens (including phenoxy) is 3. The van der Waals surface area contributed by atoms with Crippen molar-refractivity contribution in [2.45, 2.75) is 184 Å². The van der Waals surface area contributed by atoms with Gasteiger partial charge in [-0.25, -0.2) is 4.21 Å². The highest BCUT2D eigenvalue weighted by Gasteiger charge is 2.35. The second-order valence-electron chi connectivity index (χ2n) is 28.6. The number of unbranched alkanes of at least 4 members (excludes halogenated alkanes) is 7. The monoisotopic (exact) mass is 1780 g/mol. The van der Waals surface area contributed by atoms with E-state index in [-0.39, 0.29) is 69.9 Å². The molecule has 0 fully saturated rings. The number of nitrogens with one attached hydrogen (secondary N) is 3. The van der Waals surface area contributed by atoms with Crippen LogP contribution in [-0.4, -0.2) is 111 Å². The van der Waals surface area contributed by atoms with Crippen molar-refractivity contribution >= 4 is 127 Å². The van der Waals surface area contributed by atoms with Crippen molar-refractivity contribution in [3.05, 3.63) is 221 Å². The zero-order valence-electron chi connectivity index (χ0n) is 69.4. The predicted molar refractivity (Wildman–Crippen MR) is 485 cm³/mol. The van der Waals surface area contributed by atoms with Gasteiger partial charge in [0.2, 0.25) is 17.0 Å². The molecule has 9 aromatic carbocycles. The molecule has 9 N–H and O–H groups in total. The van der Waals surface area contributed by atoms with Crippen LogP contribution in [0.4, 0.5) is 11.4 Å². The smallest absolute Gasteiger partial charge is 0.321 e. The van der Waals surface area contributed by atoms with Crippen LogP contribution in [-0.2, 0) is 25.5 Å². The molecular weight excluding hydrogens is 1680 g/mol. The summed E-state index contributed by atoms with van der Waals surface area (Å²) in [6.45, 7) is 19.5. The molecule has 0 radical (unpaired) electrons. The summed E-state index contributed by atoms with van der Waals surface area (Å²) < 4.78 is 42.1. The number of amides is 2. The summed E-state index contributed by atoms with van der Waals surface area (Å²) in [6.07, 6.45) is 14.0. The van der Waals surface area contributed by atoms with Gasteiger partial charge in [-0.2, -0.15) is 5.26 Å². The average Bonchev–Trinajstić information content (AvgIpc) is 1.51. The maximum atomic E-state index is 13.2. The number of para-hydroxylation sites is 3. The molecule has 5 atom stereocenters. The average molecular weight is 1780 g/mol. The maximum Gasteiger partial charge on any atom is 0.321 e. The van der Waals surface area contributed by atoms with Crippen LogP contribution in [0.25, 0.3) is 22.8 Å². The van der Waals surface area contributed by atoms with Crippen molar-refractivity contribution in [1.29, 1.82) is 5.26 Å². The second-order valence-corrected chi connectivity index (χ2v) is 36.6. The first-order valence-electron chi connectivity index (χ1n) is 39.5. The zero-order chi connectivity index (χ0) is 87.5. The summed E-state index contributed by atoms with van der Waals surface area (Å²) in [5.41, 5.74) is 16.2. The molecule has 0 saturated heterocycles. The first-order valence-corrected chi connectivity index (χ1v) is 46.1. The van der Waals surface area contributed by atoms with Crippen molar-refractivity contribution in [2.75, 3.05) is 22.8 Å². The van der Waals surface area contributed by atoms with E-state index in [1.807, 2.05) is 140 Å². The number of nitrogens with zero attached hydrogens (tertiary/aromatic N) is 8. The zero-order valence-corrected chi connectivity index (χ0v) is 75.1. The molecule has 5 unspecified atom stereocenters. The molecule has 5 heterocycles. The lowest BCUT2D eigenvalue weighted by molar-refractivity contribution is -0.131. The molecule has 13 aromatic rings. The van der Waals surface area contributed by atoms with E-state index in [1.165, 1.54) is 137 Å². The molecule has 4 aromatic heterocycles. The lowest BCUT2D eigenvalue weighted by atomic mass is 9.83. The lowest BCUT2D eigenvalue weighted by Gasteiger charge is -2.30. The van der Waals surface area contributed by atoms with Crippen LogP contribution in [0.3, 0.4) is 0 Å². The van der Waals surface area contributed by atoms with Crippen LogP contribution in [0.1, 0.15) is 145 Å². The number of phenols is 6. The van der Waals surface area contributed by atoms with Gasteiger partial charge in [-0.3, -0.25) is 25.2 Å². The van der Waals surface area contributed by atoms with Crippen LogP contribution >= 0.6 is 69.7 Å². The molecule has 0 saturated carbocycles. The third kappa shape index (κ3) is 26.6. The number of rotatable bonds is 31. The van der Waals surface area contributed by atoms with Crippen molar-refractivity contribution in [3.63, 3.8) is 0 Å². The van der Waals surface area contributed by atoms with E-state index >= 15 is 0 Å². The molecule has 25 nitrogen and oxygen atoms in total. The summed E-state index contributed by atoms with van der Waals surface area (Å²) in [7, 11) is 0. The number of hydrazine groups is 1.